The van der Waals surface area contributed by atoms with Gasteiger partial charge in [-0.2, -0.15) is 5.10 Å². The van der Waals surface area contributed by atoms with Crippen LogP contribution in [0.25, 0.3) is 11.3 Å². The summed E-state index contributed by atoms with van der Waals surface area (Å²) in [5.41, 5.74) is 1.34. The molecule has 1 aliphatic rings. The molecule has 6 heteroatoms. The van der Waals surface area contributed by atoms with Crippen LogP contribution in [0.2, 0.25) is 5.02 Å². The van der Waals surface area contributed by atoms with Crippen LogP contribution in [-0.4, -0.2) is 27.4 Å². The highest BCUT2D eigenvalue weighted by molar-refractivity contribution is 6.32. The van der Waals surface area contributed by atoms with Crippen LogP contribution in [-0.2, 0) is 0 Å². The number of rotatable bonds is 4. The van der Waals surface area contributed by atoms with E-state index in [1.807, 2.05) is 6.07 Å². The maximum absolute atomic E-state index is 10.8. The van der Waals surface area contributed by atoms with E-state index >= 15 is 0 Å². The van der Waals surface area contributed by atoms with Crippen molar-refractivity contribution >= 4 is 17.6 Å². The number of carboxylic acids is 1. The van der Waals surface area contributed by atoms with E-state index in [-0.39, 0.29) is 11.8 Å². The second-order valence-corrected chi connectivity index (χ2v) is 5.20. The molecule has 1 aliphatic carbocycles. The summed E-state index contributed by atoms with van der Waals surface area (Å²) in [6.45, 7) is 0. The SMILES string of the molecule is O=C(O)c1cc(-c2ccc(OC3CCC3)c(Cl)c2)n[nH]1. The van der Waals surface area contributed by atoms with Gasteiger partial charge in [0.15, 0.2) is 0 Å². The van der Waals surface area contributed by atoms with Crippen molar-refractivity contribution < 1.29 is 14.6 Å². The second-order valence-electron chi connectivity index (χ2n) is 4.79. The Kier molecular flexibility index (Phi) is 3.36. The van der Waals surface area contributed by atoms with Gasteiger partial charge in [-0.15, -0.1) is 0 Å². The lowest BCUT2D eigenvalue weighted by molar-refractivity contribution is 0.0690. The van der Waals surface area contributed by atoms with Crippen molar-refractivity contribution in [2.75, 3.05) is 0 Å². The molecular formula is C14H13ClN2O3. The number of carbonyl (C=O) groups is 1. The number of aromatic amines is 1. The fraction of sp³-hybridized carbons (Fsp3) is 0.286. The first-order valence-corrected chi connectivity index (χ1v) is 6.76. The fourth-order valence-electron chi connectivity index (χ4n) is 2.00. The molecule has 1 saturated carbocycles. The van der Waals surface area contributed by atoms with Crippen LogP contribution in [0.3, 0.4) is 0 Å². The summed E-state index contributed by atoms with van der Waals surface area (Å²) in [7, 11) is 0. The molecule has 1 heterocycles. The van der Waals surface area contributed by atoms with Crippen molar-refractivity contribution in [3.05, 3.63) is 35.0 Å². The molecule has 0 saturated heterocycles. The highest BCUT2D eigenvalue weighted by Crippen LogP contribution is 2.33. The van der Waals surface area contributed by atoms with Crippen LogP contribution >= 0.6 is 11.6 Å². The fourth-order valence-corrected chi connectivity index (χ4v) is 2.23. The number of hydrogen-bond donors (Lipinski definition) is 2. The van der Waals surface area contributed by atoms with Crippen molar-refractivity contribution in [3.8, 4) is 17.0 Å². The molecule has 1 fully saturated rings. The molecule has 1 aromatic heterocycles. The van der Waals surface area contributed by atoms with Gasteiger partial charge in [0.1, 0.15) is 11.4 Å². The van der Waals surface area contributed by atoms with E-state index in [1.165, 1.54) is 12.5 Å². The normalized spacial score (nSPS) is 14.8. The Labute approximate surface area is 120 Å². The number of aromatic nitrogens is 2. The number of hydrogen-bond acceptors (Lipinski definition) is 3. The van der Waals surface area contributed by atoms with Crippen molar-refractivity contribution in [2.24, 2.45) is 0 Å². The summed E-state index contributed by atoms with van der Waals surface area (Å²) in [6, 6.07) is 6.82. The van der Waals surface area contributed by atoms with Gasteiger partial charge in [0.2, 0.25) is 0 Å². The number of halogens is 1. The molecule has 0 spiro atoms. The van der Waals surface area contributed by atoms with Crippen molar-refractivity contribution in [3.63, 3.8) is 0 Å². The summed E-state index contributed by atoms with van der Waals surface area (Å²) in [5, 5.41) is 15.8. The topological polar surface area (TPSA) is 75.2 Å². The Bertz CT molecular complexity index is 650. The lowest BCUT2D eigenvalue weighted by Gasteiger charge is -2.26. The van der Waals surface area contributed by atoms with Gasteiger partial charge in [0, 0.05) is 5.56 Å². The molecule has 0 amide bonds. The van der Waals surface area contributed by atoms with Gasteiger partial charge in [-0.3, -0.25) is 5.10 Å². The minimum absolute atomic E-state index is 0.0471. The molecule has 0 radical (unpaired) electrons. The highest BCUT2D eigenvalue weighted by Gasteiger charge is 2.20. The molecule has 0 unspecified atom stereocenters. The van der Waals surface area contributed by atoms with Crippen LogP contribution in [0.4, 0.5) is 0 Å². The average Bonchev–Trinajstić information content (AvgIpc) is 2.84. The van der Waals surface area contributed by atoms with Crippen molar-refractivity contribution in [1.82, 2.24) is 10.2 Å². The molecule has 0 bridgehead atoms. The van der Waals surface area contributed by atoms with Crippen LogP contribution < -0.4 is 4.74 Å². The van der Waals surface area contributed by atoms with E-state index in [9.17, 15) is 4.79 Å². The Morgan fingerprint density at radius 3 is 2.75 bits per heavy atom. The zero-order chi connectivity index (χ0) is 14.1. The third-order valence-corrected chi connectivity index (χ3v) is 3.68. The third-order valence-electron chi connectivity index (χ3n) is 3.38. The molecule has 104 valence electrons. The smallest absolute Gasteiger partial charge is 0.353 e. The van der Waals surface area contributed by atoms with Gasteiger partial charge < -0.3 is 9.84 Å². The predicted molar refractivity (Wildman–Crippen MR) is 74.3 cm³/mol. The minimum atomic E-state index is -1.04. The van der Waals surface area contributed by atoms with E-state index in [1.54, 1.807) is 12.1 Å². The standard InChI is InChI=1S/C14H13ClN2O3/c15-10-6-8(11-7-12(14(18)19)17-16-11)4-5-13(10)20-9-2-1-3-9/h4-7,9H,1-3H2,(H,16,17)(H,18,19). The number of ether oxygens (including phenoxy) is 1. The van der Waals surface area contributed by atoms with E-state index in [4.69, 9.17) is 21.4 Å². The average molecular weight is 293 g/mol. The quantitative estimate of drug-likeness (QED) is 0.906. The van der Waals surface area contributed by atoms with Crippen LogP contribution in [0, 0.1) is 0 Å². The van der Waals surface area contributed by atoms with Gasteiger partial charge in [-0.05, 0) is 43.5 Å². The number of nitrogens with one attached hydrogen (secondary N) is 1. The van der Waals surface area contributed by atoms with Crippen molar-refractivity contribution in [2.45, 2.75) is 25.4 Å². The van der Waals surface area contributed by atoms with E-state index in [0.29, 0.717) is 16.5 Å². The van der Waals surface area contributed by atoms with Gasteiger partial charge in [0.25, 0.3) is 0 Å². The maximum atomic E-state index is 10.8. The van der Waals surface area contributed by atoms with E-state index < -0.39 is 5.97 Å². The molecule has 2 aromatic rings. The summed E-state index contributed by atoms with van der Waals surface area (Å²) in [4.78, 5) is 10.8. The summed E-state index contributed by atoms with van der Waals surface area (Å²) >= 11 is 6.19. The van der Waals surface area contributed by atoms with Crippen LogP contribution in [0.1, 0.15) is 29.8 Å². The van der Waals surface area contributed by atoms with Crippen LogP contribution in [0.5, 0.6) is 5.75 Å². The van der Waals surface area contributed by atoms with Crippen LogP contribution in [0.15, 0.2) is 24.3 Å². The zero-order valence-corrected chi connectivity index (χ0v) is 11.4. The molecule has 0 aliphatic heterocycles. The molecule has 0 atom stereocenters. The minimum Gasteiger partial charge on any atom is -0.489 e. The largest absolute Gasteiger partial charge is 0.489 e. The Morgan fingerprint density at radius 2 is 2.20 bits per heavy atom. The number of benzene rings is 1. The number of nitrogens with zero attached hydrogens (tertiary/aromatic N) is 1. The number of aromatic carboxylic acids is 1. The highest BCUT2D eigenvalue weighted by atomic mass is 35.5. The third kappa shape index (κ3) is 2.49. The number of H-pyrrole nitrogens is 1. The van der Waals surface area contributed by atoms with Gasteiger partial charge >= 0.3 is 5.97 Å². The first-order chi connectivity index (χ1) is 9.63. The molecule has 5 nitrogen and oxygen atoms in total. The van der Waals surface area contributed by atoms with E-state index in [2.05, 4.69) is 10.2 Å². The van der Waals surface area contributed by atoms with E-state index in [0.717, 1.165) is 18.4 Å². The lowest BCUT2D eigenvalue weighted by atomic mass is 9.96. The van der Waals surface area contributed by atoms with Gasteiger partial charge in [0.05, 0.1) is 16.8 Å². The monoisotopic (exact) mass is 292 g/mol. The summed E-state index contributed by atoms with van der Waals surface area (Å²) < 4.78 is 5.76. The molecule has 2 N–H and O–H groups in total. The Hall–Kier alpha value is -2.01. The summed E-state index contributed by atoms with van der Waals surface area (Å²) in [6.07, 6.45) is 3.60. The van der Waals surface area contributed by atoms with Gasteiger partial charge in [-0.25, -0.2) is 4.79 Å². The Morgan fingerprint density at radius 1 is 1.40 bits per heavy atom. The van der Waals surface area contributed by atoms with Crippen molar-refractivity contribution in [1.29, 1.82) is 0 Å². The first kappa shape index (κ1) is 13.0. The van der Waals surface area contributed by atoms with Gasteiger partial charge in [-0.1, -0.05) is 11.6 Å². The maximum Gasteiger partial charge on any atom is 0.353 e. The summed E-state index contributed by atoms with van der Waals surface area (Å²) in [5.74, 6) is -0.381. The first-order valence-electron chi connectivity index (χ1n) is 6.39. The Balaban J connectivity index is 1.83. The lowest BCUT2D eigenvalue weighted by Crippen LogP contribution is -2.24. The second kappa shape index (κ2) is 5.17. The molecular weight excluding hydrogens is 280 g/mol. The molecule has 1 aromatic carbocycles. The number of carboxylic acid groups (broad SMARTS) is 1. The molecule has 3 rings (SSSR count). The zero-order valence-electron chi connectivity index (χ0n) is 10.6. The predicted octanol–water partition coefficient (Wildman–Crippen LogP) is 3.36. The molecule has 20 heavy (non-hydrogen) atoms.